The first-order chi connectivity index (χ1) is 10.0. The molecule has 0 spiro atoms. The summed E-state index contributed by atoms with van der Waals surface area (Å²) in [5, 5.41) is 0. The van der Waals surface area contributed by atoms with E-state index in [-0.39, 0.29) is 0 Å². The molecule has 4 aliphatic rings. The van der Waals surface area contributed by atoms with E-state index in [1.165, 1.54) is 56.9 Å². The molecule has 0 heteroatoms. The van der Waals surface area contributed by atoms with Crippen LogP contribution in [0.4, 0.5) is 0 Å². The van der Waals surface area contributed by atoms with Crippen molar-refractivity contribution in [2.75, 3.05) is 0 Å². The summed E-state index contributed by atoms with van der Waals surface area (Å²) in [6, 6.07) is 0. The molecule has 0 unspecified atom stereocenters. The van der Waals surface area contributed by atoms with Gasteiger partial charge in [-0.15, -0.1) is 0 Å². The van der Waals surface area contributed by atoms with Crippen molar-refractivity contribution in [2.24, 2.45) is 29.1 Å². The second-order valence-electron chi connectivity index (χ2n) is 8.63. The molecule has 0 radical (unpaired) electrons. The Hall–Kier alpha value is -0.780. The monoisotopic (exact) mass is 282 g/mol. The molecule has 0 amide bonds. The van der Waals surface area contributed by atoms with Crippen LogP contribution in [0.2, 0.25) is 0 Å². The maximum Gasteiger partial charge on any atom is -0.00875 e. The molecule has 2 fully saturated rings. The van der Waals surface area contributed by atoms with Crippen LogP contribution >= 0.6 is 0 Å². The standard InChI is InChI=1S/C21H30/c1-13-5-7-17-16(11-13)12-14(2)20-18(17)9-10-21(4)15(3)6-8-19(20)21/h14,18-20H,1,3,5-12H2,2,4H3/t14-,18-,19+,20-,21-/m1/s1. The molecule has 0 saturated heterocycles. The van der Waals surface area contributed by atoms with E-state index in [4.69, 9.17) is 0 Å². The maximum absolute atomic E-state index is 4.44. The fraction of sp³-hybridized carbons (Fsp3) is 0.714. The van der Waals surface area contributed by atoms with Gasteiger partial charge in [-0.2, -0.15) is 0 Å². The van der Waals surface area contributed by atoms with Gasteiger partial charge in [0.25, 0.3) is 0 Å². The summed E-state index contributed by atoms with van der Waals surface area (Å²) in [7, 11) is 0. The van der Waals surface area contributed by atoms with Gasteiger partial charge in [0.2, 0.25) is 0 Å². The normalized spacial score (nSPS) is 46.2. The Morgan fingerprint density at radius 1 is 1.10 bits per heavy atom. The lowest BCUT2D eigenvalue weighted by molar-refractivity contribution is 0.0295. The number of rotatable bonds is 0. The Balaban J connectivity index is 1.72. The Kier molecular flexibility index (Phi) is 3.04. The Morgan fingerprint density at radius 3 is 2.71 bits per heavy atom. The molecule has 0 aliphatic heterocycles. The molecular formula is C21H30. The summed E-state index contributed by atoms with van der Waals surface area (Å²) in [5.74, 6) is 3.63. The molecule has 5 atom stereocenters. The van der Waals surface area contributed by atoms with Crippen LogP contribution in [0.5, 0.6) is 0 Å². The average Bonchev–Trinajstić information content (AvgIpc) is 2.74. The first kappa shape index (κ1) is 13.9. The lowest BCUT2D eigenvalue weighted by Crippen LogP contribution is -2.45. The second kappa shape index (κ2) is 4.61. The molecule has 21 heavy (non-hydrogen) atoms. The number of hydrogen-bond acceptors (Lipinski definition) is 0. The largest absolute Gasteiger partial charge is 0.0995 e. The Bertz CT molecular complexity index is 534. The van der Waals surface area contributed by atoms with E-state index < -0.39 is 0 Å². The van der Waals surface area contributed by atoms with Crippen LogP contribution in [0.1, 0.15) is 65.2 Å². The minimum Gasteiger partial charge on any atom is -0.0995 e. The van der Waals surface area contributed by atoms with Crippen molar-refractivity contribution in [3.8, 4) is 0 Å². The van der Waals surface area contributed by atoms with E-state index in [1.807, 2.05) is 5.57 Å². The van der Waals surface area contributed by atoms with E-state index in [1.54, 1.807) is 11.1 Å². The number of fused-ring (bicyclic) bond motifs is 4. The molecule has 0 aromatic rings. The van der Waals surface area contributed by atoms with Crippen molar-refractivity contribution < 1.29 is 0 Å². The topological polar surface area (TPSA) is 0 Å². The van der Waals surface area contributed by atoms with Gasteiger partial charge >= 0.3 is 0 Å². The van der Waals surface area contributed by atoms with Crippen LogP contribution in [0.3, 0.4) is 0 Å². The van der Waals surface area contributed by atoms with E-state index in [2.05, 4.69) is 27.0 Å². The minimum atomic E-state index is 0.464. The van der Waals surface area contributed by atoms with Crippen molar-refractivity contribution in [1.82, 2.24) is 0 Å². The summed E-state index contributed by atoms with van der Waals surface area (Å²) >= 11 is 0. The van der Waals surface area contributed by atoms with Gasteiger partial charge in [0, 0.05) is 0 Å². The highest BCUT2D eigenvalue weighted by Gasteiger charge is 2.54. The molecule has 0 aromatic heterocycles. The summed E-state index contributed by atoms with van der Waals surface area (Å²) in [4.78, 5) is 0. The third kappa shape index (κ3) is 1.87. The molecule has 0 aromatic carbocycles. The number of allylic oxidation sites excluding steroid dienone is 4. The van der Waals surface area contributed by atoms with E-state index in [0.717, 1.165) is 23.7 Å². The zero-order chi connectivity index (χ0) is 14.8. The smallest absolute Gasteiger partial charge is 0.00875 e. The SMILES string of the molecule is C=C1CCC2=C(C1)C[C@@H](C)[C@@H]1[C@@H]2CC[C@]2(C)C(=C)CC[C@@H]12. The molecular weight excluding hydrogens is 252 g/mol. The number of hydrogen-bond donors (Lipinski definition) is 0. The second-order valence-corrected chi connectivity index (χ2v) is 8.63. The van der Waals surface area contributed by atoms with Crippen LogP contribution in [0.25, 0.3) is 0 Å². The molecule has 4 rings (SSSR count). The fourth-order valence-corrected chi connectivity index (χ4v) is 6.47. The highest BCUT2D eigenvalue weighted by Crippen LogP contribution is 2.63. The van der Waals surface area contributed by atoms with Gasteiger partial charge in [0.15, 0.2) is 0 Å². The predicted molar refractivity (Wildman–Crippen MR) is 90.0 cm³/mol. The zero-order valence-corrected chi connectivity index (χ0v) is 13.9. The van der Waals surface area contributed by atoms with E-state index >= 15 is 0 Å². The lowest BCUT2D eigenvalue weighted by atomic mass is 9.51. The molecule has 2 saturated carbocycles. The van der Waals surface area contributed by atoms with Gasteiger partial charge in [0.1, 0.15) is 0 Å². The van der Waals surface area contributed by atoms with Crippen molar-refractivity contribution >= 4 is 0 Å². The third-order valence-corrected chi connectivity index (χ3v) is 7.63. The Morgan fingerprint density at radius 2 is 1.90 bits per heavy atom. The van der Waals surface area contributed by atoms with Gasteiger partial charge in [-0.1, -0.05) is 49.3 Å². The van der Waals surface area contributed by atoms with Gasteiger partial charge in [-0.05, 0) is 80.5 Å². The van der Waals surface area contributed by atoms with Crippen LogP contribution in [-0.2, 0) is 0 Å². The van der Waals surface area contributed by atoms with Gasteiger partial charge in [0.05, 0.1) is 0 Å². The van der Waals surface area contributed by atoms with Crippen molar-refractivity contribution in [2.45, 2.75) is 65.2 Å². The molecule has 0 bridgehead atoms. The molecule has 4 aliphatic carbocycles. The predicted octanol–water partition coefficient (Wildman–Crippen LogP) is 6.06. The zero-order valence-electron chi connectivity index (χ0n) is 13.9. The van der Waals surface area contributed by atoms with Crippen LogP contribution in [0, 0.1) is 29.1 Å². The van der Waals surface area contributed by atoms with Crippen LogP contribution in [-0.4, -0.2) is 0 Å². The Labute approximate surface area is 130 Å². The van der Waals surface area contributed by atoms with Crippen LogP contribution in [0.15, 0.2) is 35.5 Å². The fourth-order valence-electron chi connectivity index (χ4n) is 6.47. The lowest BCUT2D eigenvalue weighted by Gasteiger charge is -2.53. The summed E-state index contributed by atoms with van der Waals surface area (Å²) in [6.45, 7) is 13.8. The van der Waals surface area contributed by atoms with Crippen molar-refractivity contribution in [3.63, 3.8) is 0 Å². The molecule has 114 valence electrons. The minimum absolute atomic E-state index is 0.464. The van der Waals surface area contributed by atoms with Crippen molar-refractivity contribution in [1.29, 1.82) is 0 Å². The highest BCUT2D eigenvalue weighted by atomic mass is 14.6. The molecule has 0 heterocycles. The first-order valence-corrected chi connectivity index (χ1v) is 9.06. The molecule has 0 N–H and O–H groups in total. The first-order valence-electron chi connectivity index (χ1n) is 9.06. The molecule has 0 nitrogen and oxygen atoms in total. The quantitative estimate of drug-likeness (QED) is 0.474. The average molecular weight is 282 g/mol. The van der Waals surface area contributed by atoms with Crippen LogP contribution < -0.4 is 0 Å². The maximum atomic E-state index is 4.44. The summed E-state index contributed by atoms with van der Waals surface area (Å²) in [5.41, 5.74) is 7.18. The highest BCUT2D eigenvalue weighted by molar-refractivity contribution is 5.33. The van der Waals surface area contributed by atoms with Gasteiger partial charge in [-0.3, -0.25) is 0 Å². The third-order valence-electron chi connectivity index (χ3n) is 7.63. The van der Waals surface area contributed by atoms with Gasteiger partial charge < -0.3 is 0 Å². The summed E-state index contributed by atoms with van der Waals surface area (Å²) in [6.07, 6.45) is 10.7. The van der Waals surface area contributed by atoms with E-state index in [9.17, 15) is 0 Å². The van der Waals surface area contributed by atoms with E-state index in [0.29, 0.717) is 5.41 Å². The van der Waals surface area contributed by atoms with Crippen molar-refractivity contribution in [3.05, 3.63) is 35.5 Å². The van der Waals surface area contributed by atoms with Gasteiger partial charge in [-0.25, -0.2) is 0 Å². The summed E-state index contributed by atoms with van der Waals surface area (Å²) < 4.78 is 0.